The van der Waals surface area contributed by atoms with Gasteiger partial charge >= 0.3 is 5.97 Å². The zero-order valence-electron chi connectivity index (χ0n) is 17.6. The van der Waals surface area contributed by atoms with E-state index in [-0.39, 0.29) is 19.1 Å². The molecule has 1 aromatic heterocycles. The van der Waals surface area contributed by atoms with Gasteiger partial charge in [-0.1, -0.05) is 6.07 Å². The summed E-state index contributed by atoms with van der Waals surface area (Å²) in [5.74, 6) is -1.37. The Bertz CT molecular complexity index is 1120. The van der Waals surface area contributed by atoms with Gasteiger partial charge in [-0.25, -0.2) is 18.7 Å². The predicted molar refractivity (Wildman–Crippen MR) is 114 cm³/mol. The van der Waals surface area contributed by atoms with E-state index >= 15 is 0 Å². The van der Waals surface area contributed by atoms with Crippen molar-refractivity contribution >= 4 is 5.97 Å². The SMILES string of the molecule is CC(CC(=O)O)N1CCc2nc(-c3ccc(OCc4ccc(F)c(F)c4)cc3)ncc2C1. The second kappa shape index (κ2) is 9.40. The van der Waals surface area contributed by atoms with Crippen molar-refractivity contribution < 1.29 is 23.4 Å². The Hall–Kier alpha value is -3.39. The molecule has 3 aromatic rings. The van der Waals surface area contributed by atoms with Crippen LogP contribution in [0.3, 0.4) is 0 Å². The third-order valence-corrected chi connectivity index (χ3v) is 5.56. The highest BCUT2D eigenvalue weighted by atomic mass is 19.2. The quantitative estimate of drug-likeness (QED) is 0.594. The number of hydrogen-bond donors (Lipinski definition) is 1. The first-order valence-corrected chi connectivity index (χ1v) is 10.4. The van der Waals surface area contributed by atoms with Crippen LogP contribution in [-0.2, 0) is 24.4 Å². The van der Waals surface area contributed by atoms with Gasteiger partial charge in [-0.3, -0.25) is 9.69 Å². The number of rotatable bonds is 7. The maximum absolute atomic E-state index is 13.3. The summed E-state index contributed by atoms with van der Waals surface area (Å²) in [6.45, 7) is 3.45. The number of benzene rings is 2. The van der Waals surface area contributed by atoms with Crippen molar-refractivity contribution in [2.75, 3.05) is 6.54 Å². The van der Waals surface area contributed by atoms with Crippen molar-refractivity contribution in [2.45, 2.75) is 39.0 Å². The highest BCUT2D eigenvalue weighted by molar-refractivity contribution is 5.67. The number of hydrogen-bond acceptors (Lipinski definition) is 5. The Morgan fingerprint density at radius 1 is 1.19 bits per heavy atom. The molecule has 32 heavy (non-hydrogen) atoms. The molecule has 0 fully saturated rings. The molecular formula is C24H23F2N3O3. The number of aliphatic carboxylic acids is 1. The summed E-state index contributed by atoms with van der Waals surface area (Å²) in [5.41, 5.74) is 3.38. The van der Waals surface area contributed by atoms with Crippen molar-refractivity contribution in [3.8, 4) is 17.1 Å². The number of fused-ring (bicyclic) bond motifs is 1. The lowest BCUT2D eigenvalue weighted by atomic mass is 10.0. The smallest absolute Gasteiger partial charge is 0.304 e. The number of carbonyl (C=O) groups is 1. The molecule has 0 amide bonds. The Balaban J connectivity index is 1.40. The van der Waals surface area contributed by atoms with Gasteiger partial charge in [0.25, 0.3) is 0 Å². The molecule has 1 aliphatic rings. The minimum Gasteiger partial charge on any atom is -0.489 e. The van der Waals surface area contributed by atoms with Crippen molar-refractivity contribution in [1.29, 1.82) is 0 Å². The van der Waals surface area contributed by atoms with E-state index in [0.717, 1.165) is 41.9 Å². The van der Waals surface area contributed by atoms with Crippen molar-refractivity contribution in [3.05, 3.63) is 77.1 Å². The molecule has 0 bridgehead atoms. The molecule has 166 valence electrons. The van der Waals surface area contributed by atoms with Gasteiger partial charge in [0, 0.05) is 42.9 Å². The van der Waals surface area contributed by atoms with E-state index in [1.54, 1.807) is 12.1 Å². The standard InChI is InChI=1S/C24H23F2N3O3/c1-15(10-23(30)31)29-9-8-22-18(13-29)12-27-24(28-22)17-3-5-19(6-4-17)32-14-16-2-7-20(25)21(26)11-16/h2-7,11-12,15H,8-10,13-14H2,1H3,(H,30,31). The number of aromatic nitrogens is 2. The van der Waals surface area contributed by atoms with Crippen LogP contribution in [0.15, 0.2) is 48.7 Å². The second-order valence-electron chi connectivity index (χ2n) is 7.89. The highest BCUT2D eigenvalue weighted by Gasteiger charge is 2.23. The molecule has 1 atom stereocenters. The second-order valence-corrected chi connectivity index (χ2v) is 7.89. The molecule has 4 rings (SSSR count). The summed E-state index contributed by atoms with van der Waals surface area (Å²) in [7, 11) is 0. The molecule has 2 aromatic carbocycles. The van der Waals surface area contributed by atoms with E-state index in [4.69, 9.17) is 14.8 Å². The minimum atomic E-state index is -0.898. The lowest BCUT2D eigenvalue weighted by molar-refractivity contribution is -0.138. The van der Waals surface area contributed by atoms with E-state index in [9.17, 15) is 13.6 Å². The summed E-state index contributed by atoms with van der Waals surface area (Å²) in [4.78, 5) is 22.3. The number of carboxylic acids is 1. The van der Waals surface area contributed by atoms with E-state index < -0.39 is 17.6 Å². The molecule has 0 saturated heterocycles. The summed E-state index contributed by atoms with van der Waals surface area (Å²) < 4.78 is 32.0. The fourth-order valence-corrected chi connectivity index (χ4v) is 3.73. The summed E-state index contributed by atoms with van der Waals surface area (Å²) in [6, 6.07) is 10.9. The topological polar surface area (TPSA) is 75.5 Å². The lowest BCUT2D eigenvalue weighted by Crippen LogP contribution is -2.39. The maximum Gasteiger partial charge on any atom is 0.304 e. The van der Waals surface area contributed by atoms with Crippen LogP contribution in [-0.4, -0.2) is 38.5 Å². The average molecular weight is 439 g/mol. The largest absolute Gasteiger partial charge is 0.489 e. The van der Waals surface area contributed by atoms with Gasteiger partial charge in [0.05, 0.1) is 12.1 Å². The molecule has 1 unspecified atom stereocenters. The first-order chi connectivity index (χ1) is 15.4. The Morgan fingerprint density at radius 2 is 1.97 bits per heavy atom. The van der Waals surface area contributed by atoms with Gasteiger partial charge < -0.3 is 9.84 Å². The van der Waals surface area contributed by atoms with E-state index in [1.807, 2.05) is 25.3 Å². The fraction of sp³-hybridized carbons (Fsp3) is 0.292. The van der Waals surface area contributed by atoms with E-state index in [1.165, 1.54) is 6.07 Å². The number of halogens is 2. The van der Waals surface area contributed by atoms with Crippen LogP contribution in [0.5, 0.6) is 5.75 Å². The first-order valence-electron chi connectivity index (χ1n) is 10.4. The fourth-order valence-electron chi connectivity index (χ4n) is 3.73. The van der Waals surface area contributed by atoms with Gasteiger partial charge in [-0.2, -0.15) is 0 Å². The van der Waals surface area contributed by atoms with Crippen LogP contribution < -0.4 is 4.74 Å². The van der Waals surface area contributed by atoms with Crippen LogP contribution >= 0.6 is 0 Å². The molecule has 6 nitrogen and oxygen atoms in total. The zero-order valence-corrected chi connectivity index (χ0v) is 17.6. The number of ether oxygens (including phenoxy) is 1. The average Bonchev–Trinajstić information content (AvgIpc) is 2.79. The molecular weight excluding hydrogens is 416 g/mol. The van der Waals surface area contributed by atoms with Crippen molar-refractivity contribution in [1.82, 2.24) is 14.9 Å². The highest BCUT2D eigenvalue weighted by Crippen LogP contribution is 2.24. The van der Waals surface area contributed by atoms with Gasteiger partial charge in [0.2, 0.25) is 0 Å². The Kier molecular flexibility index (Phi) is 6.41. The minimum absolute atomic E-state index is 0.0423. The van der Waals surface area contributed by atoms with Gasteiger partial charge in [0.15, 0.2) is 17.5 Å². The molecule has 0 spiro atoms. The molecule has 0 aliphatic carbocycles. The third-order valence-electron chi connectivity index (χ3n) is 5.56. The molecule has 8 heteroatoms. The Morgan fingerprint density at radius 3 is 2.69 bits per heavy atom. The Labute approximate surface area is 184 Å². The summed E-state index contributed by atoms with van der Waals surface area (Å²) in [5, 5.41) is 9.02. The first kappa shape index (κ1) is 21.8. The van der Waals surface area contributed by atoms with Crippen molar-refractivity contribution in [2.24, 2.45) is 0 Å². The molecule has 0 saturated carbocycles. The third kappa shape index (κ3) is 5.08. The summed E-state index contributed by atoms with van der Waals surface area (Å²) >= 11 is 0. The molecule has 2 heterocycles. The van der Waals surface area contributed by atoms with Crippen LogP contribution in [0.1, 0.15) is 30.2 Å². The lowest BCUT2D eigenvalue weighted by Gasteiger charge is -2.32. The normalized spacial score (nSPS) is 14.6. The maximum atomic E-state index is 13.3. The predicted octanol–water partition coefficient (Wildman–Crippen LogP) is 4.22. The van der Waals surface area contributed by atoms with Gasteiger partial charge in [-0.05, 0) is 48.9 Å². The molecule has 0 radical (unpaired) electrons. The van der Waals surface area contributed by atoms with E-state index in [2.05, 4.69) is 9.88 Å². The number of carboxylic acid groups (broad SMARTS) is 1. The monoisotopic (exact) mass is 439 g/mol. The van der Waals surface area contributed by atoms with Crippen molar-refractivity contribution in [3.63, 3.8) is 0 Å². The van der Waals surface area contributed by atoms with Gasteiger partial charge in [-0.15, -0.1) is 0 Å². The van der Waals surface area contributed by atoms with Crippen LogP contribution in [0.25, 0.3) is 11.4 Å². The number of nitrogens with zero attached hydrogens (tertiary/aromatic N) is 3. The summed E-state index contributed by atoms with van der Waals surface area (Å²) in [6.07, 6.45) is 2.66. The van der Waals surface area contributed by atoms with Gasteiger partial charge in [0.1, 0.15) is 12.4 Å². The molecule has 1 N–H and O–H groups in total. The van der Waals surface area contributed by atoms with Crippen LogP contribution in [0, 0.1) is 11.6 Å². The van der Waals surface area contributed by atoms with Crippen LogP contribution in [0.4, 0.5) is 8.78 Å². The van der Waals surface area contributed by atoms with E-state index in [0.29, 0.717) is 23.7 Å². The molecule has 1 aliphatic heterocycles. The van der Waals surface area contributed by atoms with Crippen LogP contribution in [0.2, 0.25) is 0 Å². The zero-order chi connectivity index (χ0) is 22.7.